The minimum absolute atomic E-state index is 0.510. The highest BCUT2D eigenvalue weighted by molar-refractivity contribution is 8.13. The number of nitriles is 1. The smallest absolute Gasteiger partial charge is 0.183 e. The molecule has 16 heavy (non-hydrogen) atoms. The molecule has 1 rings (SSSR count). The Morgan fingerprint density at radius 1 is 1.56 bits per heavy atom. The number of aliphatic hydroxyl groups is 1. The first-order valence-electron chi connectivity index (χ1n) is 4.73. The summed E-state index contributed by atoms with van der Waals surface area (Å²) >= 11 is 1.34. The Morgan fingerprint density at radius 3 is 2.81 bits per heavy atom. The van der Waals surface area contributed by atoms with Crippen molar-refractivity contribution in [1.29, 1.82) is 5.26 Å². The molecule has 4 nitrogen and oxygen atoms in total. The van der Waals surface area contributed by atoms with Crippen molar-refractivity contribution >= 4 is 22.6 Å². The normalized spacial score (nSPS) is 13.0. The highest BCUT2D eigenvalue weighted by atomic mass is 32.2. The highest BCUT2D eigenvalue weighted by Gasteiger charge is 2.07. The van der Waals surface area contributed by atoms with E-state index in [1.807, 2.05) is 30.6 Å². The van der Waals surface area contributed by atoms with Crippen molar-refractivity contribution in [1.82, 2.24) is 5.32 Å². The molecule has 0 bridgehead atoms. The van der Waals surface area contributed by atoms with Crippen molar-refractivity contribution in [2.45, 2.75) is 13.0 Å². The number of hydrogen-bond donors (Lipinski definition) is 2. The summed E-state index contributed by atoms with van der Waals surface area (Å²) in [6.45, 7) is 1.69. The fourth-order valence-corrected chi connectivity index (χ4v) is 1.56. The molecule has 1 aromatic rings. The Hall–Kier alpha value is -1.51. The van der Waals surface area contributed by atoms with Crippen molar-refractivity contribution < 1.29 is 5.11 Å². The molecule has 0 saturated heterocycles. The van der Waals surface area contributed by atoms with Gasteiger partial charge in [-0.1, -0.05) is 30.0 Å². The first-order chi connectivity index (χ1) is 7.69. The van der Waals surface area contributed by atoms with Gasteiger partial charge in [-0.2, -0.15) is 5.26 Å². The predicted octanol–water partition coefficient (Wildman–Crippen LogP) is 2.16. The van der Waals surface area contributed by atoms with Gasteiger partial charge in [-0.05, 0) is 19.2 Å². The van der Waals surface area contributed by atoms with E-state index in [1.54, 1.807) is 13.0 Å². The molecule has 0 amide bonds. The molecule has 5 heteroatoms. The van der Waals surface area contributed by atoms with Crippen LogP contribution in [0.2, 0.25) is 0 Å². The lowest BCUT2D eigenvalue weighted by Gasteiger charge is -2.08. The monoisotopic (exact) mass is 235 g/mol. The molecule has 0 heterocycles. The van der Waals surface area contributed by atoms with E-state index >= 15 is 0 Å². The number of benzene rings is 1. The van der Waals surface area contributed by atoms with Gasteiger partial charge in [-0.15, -0.1) is 0 Å². The number of amidine groups is 1. The number of nitrogens with zero attached hydrogens (tertiary/aromatic N) is 2. The van der Waals surface area contributed by atoms with Crippen LogP contribution < -0.4 is 5.32 Å². The molecule has 0 spiro atoms. The molecule has 0 aliphatic rings. The van der Waals surface area contributed by atoms with Gasteiger partial charge in [0, 0.05) is 5.56 Å². The van der Waals surface area contributed by atoms with E-state index in [0.717, 1.165) is 5.56 Å². The van der Waals surface area contributed by atoms with Crippen LogP contribution in [0, 0.1) is 11.5 Å². The Morgan fingerprint density at radius 2 is 2.25 bits per heavy atom. The van der Waals surface area contributed by atoms with Crippen LogP contribution in [-0.2, 0) is 0 Å². The summed E-state index contributed by atoms with van der Waals surface area (Å²) in [5, 5.41) is 21.1. The molecule has 0 aliphatic heterocycles. The van der Waals surface area contributed by atoms with E-state index in [4.69, 9.17) is 5.26 Å². The van der Waals surface area contributed by atoms with E-state index in [1.165, 1.54) is 11.8 Å². The van der Waals surface area contributed by atoms with Crippen LogP contribution in [-0.4, -0.2) is 16.5 Å². The summed E-state index contributed by atoms with van der Waals surface area (Å²) in [5.41, 5.74) is 1.42. The fraction of sp³-hybridized carbons (Fsp3) is 0.273. The van der Waals surface area contributed by atoms with Crippen LogP contribution in [0.4, 0.5) is 5.69 Å². The van der Waals surface area contributed by atoms with Gasteiger partial charge in [0.2, 0.25) is 0 Å². The van der Waals surface area contributed by atoms with Crippen molar-refractivity contribution in [2.75, 3.05) is 6.26 Å². The quantitative estimate of drug-likeness (QED) is 0.357. The molecule has 84 valence electrons. The van der Waals surface area contributed by atoms with Gasteiger partial charge in [0.15, 0.2) is 11.4 Å². The molecule has 1 atom stereocenters. The zero-order valence-electron chi connectivity index (χ0n) is 9.14. The third-order valence-corrected chi connectivity index (χ3v) is 2.55. The third-order valence-electron chi connectivity index (χ3n) is 1.97. The summed E-state index contributed by atoms with van der Waals surface area (Å²) in [6, 6.07) is 7.30. The lowest BCUT2D eigenvalue weighted by Crippen LogP contribution is -2.12. The first kappa shape index (κ1) is 12.6. The van der Waals surface area contributed by atoms with Crippen LogP contribution in [0.25, 0.3) is 0 Å². The minimum atomic E-state index is -0.579. The first-order valence-corrected chi connectivity index (χ1v) is 5.96. The maximum atomic E-state index is 9.56. The van der Waals surface area contributed by atoms with Crippen molar-refractivity contribution in [3.8, 4) is 6.19 Å². The Balaban J connectivity index is 3.08. The molecular formula is C11H13N3OS. The number of aliphatic imine (C=N–C) groups is 1. The van der Waals surface area contributed by atoms with Gasteiger partial charge in [0.25, 0.3) is 0 Å². The van der Waals surface area contributed by atoms with E-state index in [9.17, 15) is 5.11 Å². The molecule has 0 aliphatic carbocycles. The summed E-state index contributed by atoms with van der Waals surface area (Å²) < 4.78 is 0. The number of aliphatic hydroxyl groups excluding tert-OH is 1. The molecule has 0 aromatic heterocycles. The zero-order valence-corrected chi connectivity index (χ0v) is 9.95. The van der Waals surface area contributed by atoms with E-state index in [-0.39, 0.29) is 0 Å². The fourth-order valence-electron chi connectivity index (χ4n) is 1.22. The summed E-state index contributed by atoms with van der Waals surface area (Å²) in [6.07, 6.45) is 3.07. The van der Waals surface area contributed by atoms with Crippen LogP contribution in [0.3, 0.4) is 0 Å². The van der Waals surface area contributed by atoms with Gasteiger partial charge in [0.05, 0.1) is 11.8 Å². The largest absolute Gasteiger partial charge is 0.389 e. The van der Waals surface area contributed by atoms with Crippen LogP contribution in [0.1, 0.15) is 18.6 Å². The second-order valence-electron chi connectivity index (χ2n) is 3.09. The predicted molar refractivity (Wildman–Crippen MR) is 66.4 cm³/mol. The lowest BCUT2D eigenvalue weighted by atomic mass is 10.1. The number of rotatable bonds is 2. The standard InChI is InChI=1S/C11H13N3OS/c1-8(15)9-5-3-4-6-10(9)14-11(16-2)13-7-12/h3-6,8,15H,1-2H3,(H,13,14). The second kappa shape index (κ2) is 6.16. The number of thioether (sulfide) groups is 1. The minimum Gasteiger partial charge on any atom is -0.389 e. The zero-order chi connectivity index (χ0) is 12.0. The molecule has 0 fully saturated rings. The van der Waals surface area contributed by atoms with Crippen molar-refractivity contribution in [3.05, 3.63) is 29.8 Å². The average molecular weight is 235 g/mol. The molecule has 0 saturated carbocycles. The van der Waals surface area contributed by atoms with Crippen LogP contribution in [0.5, 0.6) is 0 Å². The molecule has 2 N–H and O–H groups in total. The SMILES string of the molecule is CSC(=Nc1ccccc1C(C)O)NC#N. The van der Waals surface area contributed by atoms with E-state index in [0.29, 0.717) is 10.9 Å². The van der Waals surface area contributed by atoms with Crippen molar-refractivity contribution in [3.63, 3.8) is 0 Å². The third kappa shape index (κ3) is 3.26. The summed E-state index contributed by atoms with van der Waals surface area (Å²) in [4.78, 5) is 4.27. The Kier molecular flexibility index (Phi) is 4.83. The molecule has 1 unspecified atom stereocenters. The molecule has 1 aromatic carbocycles. The number of hydrogen-bond acceptors (Lipinski definition) is 4. The van der Waals surface area contributed by atoms with Gasteiger partial charge < -0.3 is 5.11 Å². The van der Waals surface area contributed by atoms with E-state index < -0.39 is 6.10 Å². The maximum absolute atomic E-state index is 9.56. The van der Waals surface area contributed by atoms with Gasteiger partial charge >= 0.3 is 0 Å². The number of nitrogens with one attached hydrogen (secondary N) is 1. The Bertz CT molecular complexity index is 423. The van der Waals surface area contributed by atoms with Crippen molar-refractivity contribution in [2.24, 2.45) is 4.99 Å². The summed E-state index contributed by atoms with van der Waals surface area (Å²) in [5.74, 6) is 0. The lowest BCUT2D eigenvalue weighted by molar-refractivity contribution is 0.200. The highest BCUT2D eigenvalue weighted by Crippen LogP contribution is 2.25. The Labute approximate surface area is 99.0 Å². The summed E-state index contributed by atoms with van der Waals surface area (Å²) in [7, 11) is 0. The van der Waals surface area contributed by atoms with E-state index in [2.05, 4.69) is 10.3 Å². The topological polar surface area (TPSA) is 68.4 Å². The van der Waals surface area contributed by atoms with Crippen LogP contribution >= 0.6 is 11.8 Å². The molecular weight excluding hydrogens is 222 g/mol. The maximum Gasteiger partial charge on any atom is 0.183 e. The van der Waals surface area contributed by atoms with Gasteiger partial charge in [-0.25, -0.2) is 4.99 Å². The van der Waals surface area contributed by atoms with Gasteiger partial charge in [-0.3, -0.25) is 5.32 Å². The number of para-hydroxylation sites is 1. The van der Waals surface area contributed by atoms with Gasteiger partial charge in [0.1, 0.15) is 0 Å². The molecule has 0 radical (unpaired) electrons. The second-order valence-corrected chi connectivity index (χ2v) is 3.89. The average Bonchev–Trinajstić information content (AvgIpc) is 2.29. The van der Waals surface area contributed by atoms with Crippen LogP contribution in [0.15, 0.2) is 29.3 Å².